The van der Waals surface area contributed by atoms with Gasteiger partial charge in [0.05, 0.1) is 11.8 Å². The second-order valence-corrected chi connectivity index (χ2v) is 3.02. The molecule has 0 aliphatic carbocycles. The Morgan fingerprint density at radius 1 is 1.27 bits per heavy atom. The van der Waals surface area contributed by atoms with Crippen molar-refractivity contribution in [1.82, 2.24) is 10.3 Å². The van der Waals surface area contributed by atoms with Crippen molar-refractivity contribution in [2.45, 2.75) is 0 Å². The van der Waals surface area contributed by atoms with Crippen molar-refractivity contribution in [2.75, 3.05) is 13.1 Å². The smallest absolute Gasteiger partial charge is 0.231 e. The number of nitrogens with one attached hydrogen (secondary N) is 1. The number of fused-ring (bicyclic) bond motifs is 1. The van der Waals surface area contributed by atoms with E-state index in [1.54, 1.807) is 0 Å². The van der Waals surface area contributed by atoms with Crippen LogP contribution in [0.15, 0.2) is 0 Å². The van der Waals surface area contributed by atoms with Gasteiger partial charge in [-0.3, -0.25) is 20.7 Å². The number of carbonyl (C=O) groups excluding carboxylic acids is 2. The Morgan fingerprint density at radius 3 is 2.18 bits per heavy atom. The first-order chi connectivity index (χ1) is 5.18. The molecule has 2 atom stereocenters. The van der Waals surface area contributed by atoms with Crippen LogP contribution in [0.1, 0.15) is 0 Å². The van der Waals surface area contributed by atoms with Crippen molar-refractivity contribution in [2.24, 2.45) is 17.7 Å². The fraction of sp³-hybridized carbons (Fsp3) is 0.667. The number of imide groups is 1. The lowest BCUT2D eigenvalue weighted by Gasteiger charge is -2.06. The minimum absolute atomic E-state index is 0.173. The van der Waals surface area contributed by atoms with E-state index in [0.717, 1.165) is 0 Å². The topological polar surface area (TPSA) is 75.4 Å². The number of amides is 2. The van der Waals surface area contributed by atoms with Crippen LogP contribution in [0.4, 0.5) is 0 Å². The number of rotatable bonds is 0. The van der Waals surface area contributed by atoms with Gasteiger partial charge in [-0.1, -0.05) is 0 Å². The van der Waals surface area contributed by atoms with E-state index in [2.05, 4.69) is 5.32 Å². The molecule has 0 unspecified atom stereocenters. The molecule has 2 rings (SSSR count). The molecule has 2 amide bonds. The van der Waals surface area contributed by atoms with Crippen LogP contribution >= 0.6 is 0 Å². The zero-order valence-corrected chi connectivity index (χ0v) is 5.91. The Bertz CT molecular complexity index is 206. The quantitative estimate of drug-likeness (QED) is 0.315. The maximum Gasteiger partial charge on any atom is 0.231 e. The normalized spacial score (nSPS) is 37.5. The summed E-state index contributed by atoms with van der Waals surface area (Å²) in [5, 5.41) is 3.80. The third-order valence-corrected chi connectivity index (χ3v) is 2.27. The molecule has 2 saturated heterocycles. The molecule has 3 N–H and O–H groups in total. The van der Waals surface area contributed by atoms with Gasteiger partial charge in [-0.2, -0.15) is 0 Å². The van der Waals surface area contributed by atoms with Crippen LogP contribution in [-0.2, 0) is 9.59 Å². The number of carbonyl (C=O) groups is 2. The van der Waals surface area contributed by atoms with Crippen LogP contribution in [-0.4, -0.2) is 29.9 Å². The molecule has 2 fully saturated rings. The first kappa shape index (κ1) is 6.75. The second-order valence-electron chi connectivity index (χ2n) is 3.02. The molecule has 0 aromatic heterocycles. The Morgan fingerprint density at radius 2 is 1.73 bits per heavy atom. The summed E-state index contributed by atoms with van der Waals surface area (Å²) in [5.41, 5.74) is 0. The molecule has 0 radical (unpaired) electrons. The van der Waals surface area contributed by atoms with Gasteiger partial charge in [0.15, 0.2) is 0 Å². The minimum atomic E-state index is -0.201. The Kier molecular flexibility index (Phi) is 1.24. The summed E-state index contributed by atoms with van der Waals surface area (Å²) >= 11 is 0. The van der Waals surface area contributed by atoms with Gasteiger partial charge in [-0.15, -0.1) is 0 Å². The van der Waals surface area contributed by atoms with Gasteiger partial charge in [0.2, 0.25) is 11.8 Å². The molecule has 2 aliphatic rings. The highest BCUT2D eigenvalue weighted by molar-refractivity contribution is 6.05. The van der Waals surface area contributed by atoms with E-state index < -0.39 is 0 Å². The van der Waals surface area contributed by atoms with Crippen molar-refractivity contribution >= 4 is 11.8 Å². The van der Waals surface area contributed by atoms with Crippen LogP contribution in [0.3, 0.4) is 0 Å². The van der Waals surface area contributed by atoms with Crippen LogP contribution in [0, 0.1) is 11.8 Å². The molecule has 5 heteroatoms. The van der Waals surface area contributed by atoms with Crippen LogP contribution in [0.5, 0.6) is 0 Å². The van der Waals surface area contributed by atoms with Crippen LogP contribution in [0.2, 0.25) is 0 Å². The van der Waals surface area contributed by atoms with Gasteiger partial charge in [-0.05, 0) is 0 Å². The summed E-state index contributed by atoms with van der Waals surface area (Å²) < 4.78 is 0. The lowest BCUT2D eigenvalue weighted by atomic mass is 10.00. The highest BCUT2D eigenvalue weighted by atomic mass is 16.2. The van der Waals surface area contributed by atoms with Gasteiger partial charge in [0.1, 0.15) is 0 Å². The first-order valence-electron chi connectivity index (χ1n) is 3.53. The number of nitrogens with zero attached hydrogens (tertiary/aromatic N) is 1. The standard InChI is InChI=1S/C6H9N3O2/c7-9-1-3-4(2-9)6(11)8-5(3)10/h3-4H,1-2,7H2,(H,8,10,11)/t3-,4-/m0/s1. The van der Waals surface area contributed by atoms with E-state index in [1.165, 1.54) is 5.01 Å². The summed E-state index contributed by atoms with van der Waals surface area (Å²) in [4.78, 5) is 22.0. The van der Waals surface area contributed by atoms with E-state index in [4.69, 9.17) is 5.84 Å². The summed E-state index contributed by atoms with van der Waals surface area (Å²) in [6.07, 6.45) is 0. The van der Waals surface area contributed by atoms with Gasteiger partial charge in [0.25, 0.3) is 0 Å². The highest BCUT2D eigenvalue weighted by Crippen LogP contribution is 2.25. The van der Waals surface area contributed by atoms with Crippen LogP contribution < -0.4 is 11.2 Å². The van der Waals surface area contributed by atoms with Crippen molar-refractivity contribution < 1.29 is 9.59 Å². The molecule has 11 heavy (non-hydrogen) atoms. The monoisotopic (exact) mass is 155 g/mol. The van der Waals surface area contributed by atoms with E-state index in [0.29, 0.717) is 13.1 Å². The number of nitrogens with two attached hydrogens (primary N) is 1. The lowest BCUT2D eigenvalue weighted by molar-refractivity contribution is -0.126. The third kappa shape index (κ3) is 0.849. The molecule has 5 nitrogen and oxygen atoms in total. The maximum absolute atomic E-state index is 11.0. The van der Waals surface area contributed by atoms with Gasteiger partial charge >= 0.3 is 0 Å². The molecule has 60 valence electrons. The average Bonchev–Trinajstić information content (AvgIpc) is 2.38. The molecular weight excluding hydrogens is 146 g/mol. The third-order valence-electron chi connectivity index (χ3n) is 2.27. The largest absolute Gasteiger partial charge is 0.296 e. The van der Waals surface area contributed by atoms with Crippen molar-refractivity contribution in [3.8, 4) is 0 Å². The SMILES string of the molecule is NN1C[C@@H]2C(=O)NC(=O)[C@H]2C1. The zero-order valence-electron chi connectivity index (χ0n) is 5.91. The number of hydrogen-bond acceptors (Lipinski definition) is 4. The molecule has 0 aromatic carbocycles. The van der Waals surface area contributed by atoms with Crippen molar-refractivity contribution in [3.63, 3.8) is 0 Å². The van der Waals surface area contributed by atoms with E-state index in [-0.39, 0.29) is 23.7 Å². The molecule has 0 saturated carbocycles. The molecule has 0 bridgehead atoms. The molecule has 2 heterocycles. The number of hydrogen-bond donors (Lipinski definition) is 2. The zero-order chi connectivity index (χ0) is 8.01. The summed E-state index contributed by atoms with van der Waals surface area (Å²) in [5.74, 6) is 4.70. The van der Waals surface area contributed by atoms with Gasteiger partial charge in [-0.25, -0.2) is 5.01 Å². The number of hydrazine groups is 1. The summed E-state index contributed by atoms with van der Waals surface area (Å²) in [6.45, 7) is 1.00. The molecule has 2 aliphatic heterocycles. The molecular formula is C6H9N3O2. The van der Waals surface area contributed by atoms with E-state index in [1.807, 2.05) is 0 Å². The Hall–Kier alpha value is -0.940. The first-order valence-corrected chi connectivity index (χ1v) is 3.53. The fourth-order valence-corrected chi connectivity index (χ4v) is 1.67. The Labute approximate surface area is 63.5 Å². The predicted molar refractivity (Wildman–Crippen MR) is 35.9 cm³/mol. The summed E-state index contributed by atoms with van der Waals surface area (Å²) in [7, 11) is 0. The molecule has 0 aromatic rings. The fourth-order valence-electron chi connectivity index (χ4n) is 1.67. The Balaban J connectivity index is 2.23. The average molecular weight is 155 g/mol. The van der Waals surface area contributed by atoms with Crippen molar-refractivity contribution in [3.05, 3.63) is 0 Å². The van der Waals surface area contributed by atoms with Gasteiger partial charge < -0.3 is 0 Å². The van der Waals surface area contributed by atoms with E-state index in [9.17, 15) is 9.59 Å². The molecule has 0 spiro atoms. The second kappa shape index (κ2) is 2.02. The minimum Gasteiger partial charge on any atom is -0.296 e. The van der Waals surface area contributed by atoms with Crippen molar-refractivity contribution in [1.29, 1.82) is 0 Å². The predicted octanol–water partition coefficient (Wildman–Crippen LogP) is -1.94. The highest BCUT2D eigenvalue weighted by Gasteiger charge is 2.46. The maximum atomic E-state index is 11.0. The summed E-state index contributed by atoms with van der Waals surface area (Å²) in [6, 6.07) is 0. The van der Waals surface area contributed by atoms with Gasteiger partial charge in [0, 0.05) is 13.1 Å². The lowest BCUT2D eigenvalue weighted by Crippen LogP contribution is -2.35. The van der Waals surface area contributed by atoms with E-state index >= 15 is 0 Å². The van der Waals surface area contributed by atoms with Crippen LogP contribution in [0.25, 0.3) is 0 Å².